The fourth-order valence-electron chi connectivity index (χ4n) is 4.46. The second-order valence-corrected chi connectivity index (χ2v) is 9.41. The molecular formula is C16H20N12O10S. The molecule has 1 aliphatic carbocycles. The van der Waals surface area contributed by atoms with Gasteiger partial charge in [-0.2, -0.15) is 8.42 Å². The van der Waals surface area contributed by atoms with E-state index in [9.17, 15) is 23.5 Å². The molecule has 10 atom stereocenters. The number of rotatable bonds is 9. The van der Waals surface area contributed by atoms with Crippen molar-refractivity contribution >= 4 is 22.3 Å². The Balaban J connectivity index is 2.07. The molecule has 0 radical (unpaired) electrons. The van der Waals surface area contributed by atoms with Crippen LogP contribution >= 0.6 is 0 Å². The van der Waals surface area contributed by atoms with Gasteiger partial charge in [-0.15, -0.1) is 0 Å². The molecule has 0 spiro atoms. The van der Waals surface area contributed by atoms with Gasteiger partial charge in [0.15, 0.2) is 18.5 Å². The van der Waals surface area contributed by atoms with Crippen LogP contribution in [0.1, 0.15) is 20.3 Å². The third kappa shape index (κ3) is 6.89. The number of azide groups is 4. The average molecular weight is 572 g/mol. The zero-order chi connectivity index (χ0) is 28.7. The molecule has 22 nitrogen and oxygen atoms in total. The van der Waals surface area contributed by atoms with Crippen LogP contribution in [0.15, 0.2) is 20.5 Å². The van der Waals surface area contributed by atoms with Crippen LogP contribution in [-0.2, 0) is 47.3 Å². The molecule has 23 heteroatoms. The average Bonchev–Trinajstić information content (AvgIpc) is 3.18. The molecule has 0 bridgehead atoms. The Morgan fingerprint density at radius 3 is 2.03 bits per heavy atom. The quantitative estimate of drug-likeness (QED) is 0.166. The minimum Gasteiger partial charge on any atom is -0.458 e. The first-order chi connectivity index (χ1) is 18.5. The van der Waals surface area contributed by atoms with E-state index >= 15 is 0 Å². The van der Waals surface area contributed by atoms with Gasteiger partial charge in [-0.1, -0.05) is 20.5 Å². The molecule has 3 aliphatic rings. The first kappa shape index (κ1) is 29.5. The van der Waals surface area contributed by atoms with Crippen LogP contribution in [-0.4, -0.2) is 87.9 Å². The van der Waals surface area contributed by atoms with Gasteiger partial charge in [-0.25, -0.2) is 8.37 Å². The lowest BCUT2D eigenvalue weighted by Gasteiger charge is -2.46. The molecule has 0 amide bonds. The van der Waals surface area contributed by atoms with E-state index < -0.39 is 89.9 Å². The predicted octanol–water partition coefficient (Wildman–Crippen LogP) is 1.74. The summed E-state index contributed by atoms with van der Waals surface area (Å²) >= 11 is 0. The van der Waals surface area contributed by atoms with Gasteiger partial charge in [0.05, 0.1) is 24.7 Å². The molecule has 1 saturated carbocycles. The van der Waals surface area contributed by atoms with E-state index in [-0.39, 0.29) is 6.42 Å². The SMILES string of the molecule is CC(=O)O[C@@H]1[C@@H](N=[N+]=[N-])[C@@H](O[C@H]2[C@@H]3OS(=O)(=O)O[C@H]3[C@H](N=[N+]=[N-])C[C@@H]2N=[N+]=[N-])O[C@H](CN=[N+]=[N-])[C@H]1OC(C)=O. The van der Waals surface area contributed by atoms with Gasteiger partial charge >= 0.3 is 22.3 Å². The summed E-state index contributed by atoms with van der Waals surface area (Å²) in [6.07, 6.45) is -10.6. The number of nitrogens with zero attached hydrogens (tertiary/aromatic N) is 12. The number of fused-ring (bicyclic) bond motifs is 1. The third-order valence-electron chi connectivity index (χ3n) is 5.77. The van der Waals surface area contributed by atoms with Gasteiger partial charge in [0.2, 0.25) is 0 Å². The maximum Gasteiger partial charge on any atom is 0.400 e. The highest BCUT2D eigenvalue weighted by atomic mass is 32.3. The summed E-state index contributed by atoms with van der Waals surface area (Å²) < 4.78 is 56.4. The molecule has 3 rings (SSSR count). The van der Waals surface area contributed by atoms with Gasteiger partial charge in [0.1, 0.15) is 24.4 Å². The fourth-order valence-corrected chi connectivity index (χ4v) is 5.50. The van der Waals surface area contributed by atoms with E-state index in [1.165, 1.54) is 0 Å². The fraction of sp³-hybridized carbons (Fsp3) is 0.875. The lowest BCUT2D eigenvalue weighted by molar-refractivity contribution is -0.286. The summed E-state index contributed by atoms with van der Waals surface area (Å²) in [4.78, 5) is 34.4. The summed E-state index contributed by atoms with van der Waals surface area (Å²) in [5, 5.41) is 14.1. The molecule has 2 heterocycles. The summed E-state index contributed by atoms with van der Waals surface area (Å²) in [6, 6.07) is -3.94. The van der Waals surface area contributed by atoms with Crippen molar-refractivity contribution in [2.24, 2.45) is 20.5 Å². The topological polar surface area (TPSA) is 319 Å². The van der Waals surface area contributed by atoms with Crippen molar-refractivity contribution in [3.05, 3.63) is 41.8 Å². The largest absolute Gasteiger partial charge is 0.458 e. The Morgan fingerprint density at radius 2 is 1.44 bits per heavy atom. The van der Waals surface area contributed by atoms with E-state index in [1.807, 2.05) is 0 Å². The molecule has 0 aromatic heterocycles. The Morgan fingerprint density at radius 1 is 0.846 bits per heavy atom. The molecule has 0 N–H and O–H groups in total. The Hall–Kier alpha value is -4.03. The highest BCUT2D eigenvalue weighted by Crippen LogP contribution is 2.40. The second-order valence-electron chi connectivity index (χ2n) is 8.21. The van der Waals surface area contributed by atoms with Crippen LogP contribution < -0.4 is 0 Å². The van der Waals surface area contributed by atoms with Gasteiger partial charge in [-0.3, -0.25) is 9.59 Å². The molecule has 0 aromatic rings. The Labute approximate surface area is 218 Å². The minimum atomic E-state index is -4.59. The van der Waals surface area contributed by atoms with E-state index in [4.69, 9.17) is 43.9 Å². The van der Waals surface area contributed by atoms with Gasteiger partial charge in [0.25, 0.3) is 0 Å². The van der Waals surface area contributed by atoms with E-state index in [0.29, 0.717) is 0 Å². The highest BCUT2D eigenvalue weighted by molar-refractivity contribution is 7.82. The molecular weight excluding hydrogens is 552 g/mol. The van der Waals surface area contributed by atoms with E-state index in [2.05, 4.69) is 40.1 Å². The molecule has 2 aliphatic heterocycles. The van der Waals surface area contributed by atoms with Crippen LogP contribution in [0, 0.1) is 0 Å². The standard InChI is InChI=1S/C16H20N12O10S/c1-5(29)33-13-9(4-21-25-17)35-16(10(24-28-20)14(13)34-6(2)30)36-11-7(22-26-18)3-8(23-27-19)12-15(11)38-39(31,32)37-12/h7-16H,3-4H2,1-2H3/t7-,8+,9+,10+,11+,12-,13+,14+,15-,16+/m0/s1. The monoisotopic (exact) mass is 572 g/mol. The number of carbonyl (C=O) groups is 2. The number of esters is 2. The normalized spacial score (nSPS) is 36.4. The minimum absolute atomic E-state index is 0.247. The summed E-state index contributed by atoms with van der Waals surface area (Å²) in [5.41, 5.74) is 36.0. The van der Waals surface area contributed by atoms with Crippen molar-refractivity contribution in [3.63, 3.8) is 0 Å². The van der Waals surface area contributed by atoms with Crippen molar-refractivity contribution in [3.8, 4) is 0 Å². The second kappa shape index (κ2) is 12.7. The number of carbonyl (C=O) groups excluding carboxylic acids is 2. The molecule has 39 heavy (non-hydrogen) atoms. The zero-order valence-electron chi connectivity index (χ0n) is 20.0. The number of hydrogen-bond acceptors (Lipinski definition) is 14. The van der Waals surface area contributed by atoms with Gasteiger partial charge in [0, 0.05) is 33.5 Å². The lowest BCUT2D eigenvalue weighted by atomic mass is 9.84. The van der Waals surface area contributed by atoms with Crippen LogP contribution in [0.5, 0.6) is 0 Å². The summed E-state index contributed by atoms with van der Waals surface area (Å²) in [5.74, 6) is -1.71. The predicted molar refractivity (Wildman–Crippen MR) is 121 cm³/mol. The first-order valence-corrected chi connectivity index (χ1v) is 12.3. The smallest absolute Gasteiger partial charge is 0.400 e. The van der Waals surface area contributed by atoms with E-state index in [1.54, 1.807) is 0 Å². The van der Waals surface area contributed by atoms with Crippen molar-refractivity contribution in [2.45, 2.75) is 81.3 Å². The maximum atomic E-state index is 12.1. The number of ether oxygens (including phenoxy) is 4. The lowest BCUT2D eigenvalue weighted by Crippen LogP contribution is -2.63. The van der Waals surface area contributed by atoms with Crippen molar-refractivity contribution in [2.75, 3.05) is 6.54 Å². The van der Waals surface area contributed by atoms with Crippen LogP contribution in [0.4, 0.5) is 0 Å². The van der Waals surface area contributed by atoms with Crippen LogP contribution in [0.3, 0.4) is 0 Å². The molecule has 2 saturated heterocycles. The van der Waals surface area contributed by atoms with E-state index in [0.717, 1.165) is 13.8 Å². The summed E-state index contributed by atoms with van der Waals surface area (Å²) in [7, 11) is -4.59. The van der Waals surface area contributed by atoms with Crippen molar-refractivity contribution < 1.29 is 45.3 Å². The molecule has 210 valence electrons. The van der Waals surface area contributed by atoms with Crippen molar-refractivity contribution in [1.82, 2.24) is 0 Å². The molecule has 0 aromatic carbocycles. The van der Waals surface area contributed by atoms with Crippen LogP contribution in [0.25, 0.3) is 41.8 Å². The molecule has 3 fully saturated rings. The zero-order valence-corrected chi connectivity index (χ0v) is 20.9. The summed E-state index contributed by atoms with van der Waals surface area (Å²) in [6.45, 7) is 1.60. The number of hydrogen-bond donors (Lipinski definition) is 0. The van der Waals surface area contributed by atoms with Crippen molar-refractivity contribution in [1.29, 1.82) is 0 Å². The third-order valence-corrected chi connectivity index (χ3v) is 6.68. The molecule has 0 unspecified atom stereocenters. The maximum absolute atomic E-state index is 12.1. The Kier molecular flexibility index (Phi) is 9.60. The highest BCUT2D eigenvalue weighted by Gasteiger charge is 2.57. The first-order valence-electron chi connectivity index (χ1n) is 11.0. The Bertz CT molecular complexity index is 1270. The van der Waals surface area contributed by atoms with Crippen LogP contribution in [0.2, 0.25) is 0 Å². The van der Waals surface area contributed by atoms with Gasteiger partial charge in [-0.05, 0) is 28.5 Å². The van der Waals surface area contributed by atoms with Gasteiger partial charge < -0.3 is 18.9 Å².